The monoisotopic (exact) mass is 298 g/mol. The number of piperidine rings is 1. The molecule has 3 aromatic rings. The Morgan fingerprint density at radius 1 is 1.29 bits per heavy atom. The summed E-state index contributed by atoms with van der Waals surface area (Å²) in [4.78, 5) is 8.77. The summed E-state index contributed by atoms with van der Waals surface area (Å²) < 4.78 is 3.47. The molecular weight excluding hydrogens is 280 g/mol. The van der Waals surface area contributed by atoms with Gasteiger partial charge in [-0.2, -0.15) is 0 Å². The molecule has 4 nitrogen and oxygen atoms in total. The number of fused-ring (bicyclic) bond motifs is 1. The van der Waals surface area contributed by atoms with Gasteiger partial charge in [-0.05, 0) is 44.1 Å². The second kappa shape index (κ2) is 4.93. The maximum Gasteiger partial charge on any atom is 0.0994 e. The van der Waals surface area contributed by atoms with Crippen molar-refractivity contribution in [1.29, 1.82) is 0 Å². The van der Waals surface area contributed by atoms with Crippen molar-refractivity contribution in [2.24, 2.45) is 0 Å². The zero-order chi connectivity index (χ0) is 14.3. The molecule has 108 valence electrons. The van der Waals surface area contributed by atoms with Crippen molar-refractivity contribution in [2.75, 3.05) is 13.1 Å². The van der Waals surface area contributed by atoms with E-state index < -0.39 is 0 Å². The van der Waals surface area contributed by atoms with Gasteiger partial charge < -0.3 is 9.88 Å². The van der Waals surface area contributed by atoms with Crippen molar-refractivity contribution in [3.63, 3.8) is 0 Å². The van der Waals surface area contributed by atoms with Crippen molar-refractivity contribution >= 4 is 21.6 Å². The van der Waals surface area contributed by atoms with Gasteiger partial charge in [0.2, 0.25) is 0 Å². The Labute approximate surface area is 127 Å². The molecule has 3 heterocycles. The van der Waals surface area contributed by atoms with E-state index in [1.165, 1.54) is 16.1 Å². The third kappa shape index (κ3) is 2.17. The van der Waals surface area contributed by atoms with E-state index in [1.807, 2.05) is 18.0 Å². The largest absolute Gasteiger partial charge is 0.317 e. The summed E-state index contributed by atoms with van der Waals surface area (Å²) in [6.07, 6.45) is 6.27. The van der Waals surface area contributed by atoms with E-state index in [4.69, 9.17) is 0 Å². The summed E-state index contributed by atoms with van der Waals surface area (Å²) >= 11 is 1.68. The predicted octanol–water partition coefficient (Wildman–Crippen LogP) is 3.12. The molecule has 1 fully saturated rings. The lowest BCUT2D eigenvalue weighted by atomic mass is 9.78. The Kier molecular flexibility index (Phi) is 3.05. The van der Waals surface area contributed by atoms with Gasteiger partial charge in [-0.1, -0.05) is 6.92 Å². The molecule has 1 aliphatic rings. The zero-order valence-electron chi connectivity index (χ0n) is 12.0. The summed E-state index contributed by atoms with van der Waals surface area (Å²) in [5.74, 6) is 0. The number of aromatic nitrogens is 3. The lowest BCUT2D eigenvalue weighted by molar-refractivity contribution is 0.324. The predicted molar refractivity (Wildman–Crippen MR) is 86.2 cm³/mol. The van der Waals surface area contributed by atoms with E-state index >= 15 is 0 Å². The van der Waals surface area contributed by atoms with Crippen molar-refractivity contribution in [3.8, 4) is 5.69 Å². The molecule has 5 heteroatoms. The van der Waals surface area contributed by atoms with Gasteiger partial charge in [0.05, 0.1) is 22.1 Å². The van der Waals surface area contributed by atoms with Crippen molar-refractivity contribution in [2.45, 2.75) is 25.2 Å². The number of hydrogen-bond donors (Lipinski definition) is 1. The van der Waals surface area contributed by atoms with Crippen LogP contribution in [0.25, 0.3) is 15.9 Å². The molecule has 1 N–H and O–H groups in total. The second-order valence-electron chi connectivity index (χ2n) is 5.96. The highest BCUT2D eigenvalue weighted by Gasteiger charge is 2.31. The van der Waals surface area contributed by atoms with Gasteiger partial charge >= 0.3 is 0 Å². The number of rotatable bonds is 2. The van der Waals surface area contributed by atoms with Crippen molar-refractivity contribution < 1.29 is 0 Å². The molecule has 0 saturated carbocycles. The zero-order valence-corrected chi connectivity index (χ0v) is 12.9. The number of benzene rings is 1. The number of nitrogens with zero attached hydrogens (tertiary/aromatic N) is 3. The molecule has 0 radical (unpaired) electrons. The Bertz CT molecular complexity index is 767. The highest BCUT2D eigenvalue weighted by atomic mass is 32.1. The molecule has 1 saturated heterocycles. The highest BCUT2D eigenvalue weighted by molar-refractivity contribution is 7.16. The Morgan fingerprint density at radius 3 is 3.00 bits per heavy atom. The van der Waals surface area contributed by atoms with Crippen LogP contribution in [-0.2, 0) is 5.41 Å². The van der Waals surface area contributed by atoms with Crippen LogP contribution in [0, 0.1) is 0 Å². The average Bonchev–Trinajstić information content (AvgIpc) is 3.16. The van der Waals surface area contributed by atoms with E-state index in [0.29, 0.717) is 0 Å². The third-order valence-electron chi connectivity index (χ3n) is 4.56. The normalized spacial score (nSPS) is 18.1. The Balaban J connectivity index is 1.80. The lowest BCUT2D eigenvalue weighted by Gasteiger charge is -2.34. The van der Waals surface area contributed by atoms with Crippen LogP contribution >= 0.6 is 11.3 Å². The lowest BCUT2D eigenvalue weighted by Crippen LogP contribution is -2.38. The number of nitrogens with one attached hydrogen (secondary N) is 1. The van der Waals surface area contributed by atoms with Gasteiger partial charge in [-0.25, -0.2) is 9.97 Å². The summed E-state index contributed by atoms with van der Waals surface area (Å²) in [5, 5.41) is 3.45. The quantitative estimate of drug-likeness (QED) is 0.790. The first-order valence-corrected chi connectivity index (χ1v) is 8.21. The van der Waals surface area contributed by atoms with Crippen LogP contribution in [0.1, 0.15) is 25.5 Å². The fourth-order valence-corrected chi connectivity index (χ4v) is 3.89. The van der Waals surface area contributed by atoms with Crippen LogP contribution in [0.5, 0.6) is 0 Å². The van der Waals surface area contributed by atoms with Crippen molar-refractivity contribution in [1.82, 2.24) is 19.9 Å². The first-order chi connectivity index (χ1) is 10.3. The minimum atomic E-state index is 0.199. The molecule has 1 aliphatic heterocycles. The van der Waals surface area contributed by atoms with E-state index in [9.17, 15) is 0 Å². The van der Waals surface area contributed by atoms with E-state index in [0.717, 1.165) is 31.4 Å². The van der Waals surface area contributed by atoms with Crippen molar-refractivity contribution in [3.05, 3.63) is 41.9 Å². The van der Waals surface area contributed by atoms with Gasteiger partial charge in [-0.3, -0.25) is 0 Å². The fraction of sp³-hybridized carbons (Fsp3) is 0.375. The van der Waals surface area contributed by atoms with E-state index in [1.54, 1.807) is 11.3 Å². The molecular formula is C16H18N4S. The average molecular weight is 298 g/mol. The van der Waals surface area contributed by atoms with Gasteiger partial charge in [0.25, 0.3) is 0 Å². The van der Waals surface area contributed by atoms with E-state index in [-0.39, 0.29) is 5.41 Å². The molecule has 0 bridgehead atoms. The minimum absolute atomic E-state index is 0.199. The molecule has 0 spiro atoms. The maximum atomic E-state index is 4.42. The van der Waals surface area contributed by atoms with Crippen LogP contribution in [0.3, 0.4) is 0 Å². The SMILES string of the molecule is CC1(c2cncn2-c2ccc3ncsc3c2)CCNCC1. The van der Waals surface area contributed by atoms with Crippen LogP contribution in [-0.4, -0.2) is 27.6 Å². The second-order valence-corrected chi connectivity index (χ2v) is 6.85. The molecule has 4 rings (SSSR count). The maximum absolute atomic E-state index is 4.42. The molecule has 0 amide bonds. The molecule has 0 unspecified atom stereocenters. The van der Waals surface area contributed by atoms with Gasteiger partial charge in [0, 0.05) is 23.0 Å². The van der Waals surface area contributed by atoms with Gasteiger partial charge in [0.15, 0.2) is 0 Å². The number of hydrogen-bond acceptors (Lipinski definition) is 4. The summed E-state index contributed by atoms with van der Waals surface area (Å²) in [6, 6.07) is 6.44. The fourth-order valence-electron chi connectivity index (χ4n) is 3.18. The standard InChI is InChI=1S/C16H18N4S/c1-16(4-6-17-7-5-16)15-9-18-10-20(15)12-2-3-13-14(8-12)21-11-19-13/h2-3,8-11,17H,4-7H2,1H3. The van der Waals surface area contributed by atoms with Crippen LogP contribution < -0.4 is 5.32 Å². The first-order valence-electron chi connectivity index (χ1n) is 7.33. The van der Waals surface area contributed by atoms with E-state index in [2.05, 4.69) is 45.0 Å². The smallest absolute Gasteiger partial charge is 0.0994 e. The molecule has 2 aromatic heterocycles. The summed E-state index contributed by atoms with van der Waals surface area (Å²) in [6.45, 7) is 4.51. The summed E-state index contributed by atoms with van der Waals surface area (Å²) in [5.41, 5.74) is 5.66. The minimum Gasteiger partial charge on any atom is -0.317 e. The van der Waals surface area contributed by atoms with Gasteiger partial charge in [0.1, 0.15) is 0 Å². The topological polar surface area (TPSA) is 42.7 Å². The molecule has 1 aromatic carbocycles. The van der Waals surface area contributed by atoms with Crippen LogP contribution in [0.4, 0.5) is 0 Å². The number of imidazole rings is 1. The summed E-state index contributed by atoms with van der Waals surface area (Å²) in [7, 11) is 0. The Hall–Kier alpha value is -1.72. The highest BCUT2D eigenvalue weighted by Crippen LogP contribution is 2.34. The van der Waals surface area contributed by atoms with Crippen LogP contribution in [0.15, 0.2) is 36.2 Å². The van der Waals surface area contributed by atoms with Gasteiger partial charge in [-0.15, -0.1) is 11.3 Å². The third-order valence-corrected chi connectivity index (χ3v) is 5.35. The molecule has 0 aliphatic carbocycles. The molecule has 0 atom stereocenters. The number of thiazole rings is 1. The van der Waals surface area contributed by atoms with Crippen LogP contribution in [0.2, 0.25) is 0 Å². The Morgan fingerprint density at radius 2 is 2.14 bits per heavy atom. The first kappa shape index (κ1) is 13.0. The molecule has 21 heavy (non-hydrogen) atoms.